The van der Waals surface area contributed by atoms with Gasteiger partial charge in [-0.3, -0.25) is 0 Å². The van der Waals surface area contributed by atoms with Gasteiger partial charge in [0, 0.05) is 50.2 Å². The first-order valence-corrected chi connectivity index (χ1v) is 25.9. The van der Waals surface area contributed by atoms with Gasteiger partial charge >= 0.3 is 0 Å². The molecule has 336 valence electrons. The number of rotatable bonds is 11. The zero-order chi connectivity index (χ0) is 47.4. The van der Waals surface area contributed by atoms with Crippen LogP contribution in [0.4, 0.5) is 34.1 Å². The minimum absolute atomic E-state index is 0.0885. The summed E-state index contributed by atoms with van der Waals surface area (Å²) >= 11 is 9.02. The second kappa shape index (κ2) is 17.9. The van der Waals surface area contributed by atoms with Crippen LogP contribution in [0.25, 0.3) is 33.4 Å². The Labute approximate surface area is 416 Å². The average molecular weight is 938 g/mol. The lowest BCUT2D eigenvalue weighted by atomic mass is 9.81. The zero-order valence-corrected chi connectivity index (χ0v) is 42.2. The lowest BCUT2D eigenvalue weighted by molar-refractivity contribution is 0.448. The third kappa shape index (κ3) is 8.25. The summed E-state index contributed by atoms with van der Waals surface area (Å²) in [6, 6.07) is 71.5. The van der Waals surface area contributed by atoms with Crippen molar-refractivity contribution < 1.29 is 0 Å². The SMILES string of the molecule is CSC(=S)SC(CC(C)(C)C#N)c1ccc2c(c1)C(C)(C)c1cc(N(c3ccccc3)c3ccc(-c4ccc(N(c5ccccc5)c5ccc6c(c5)C(C)(C)c5ccccc5-6)cc4)cc3)ccc1-2. The second-order valence-corrected chi connectivity index (χ2v) is 23.0. The fraction of sp³-hybridized carbons (Fsp3) is 0.194. The van der Waals surface area contributed by atoms with E-state index in [2.05, 4.69) is 232 Å². The van der Waals surface area contributed by atoms with Crippen LogP contribution in [0.15, 0.2) is 188 Å². The summed E-state index contributed by atoms with van der Waals surface area (Å²) in [5.74, 6) is 0. The number of thiocarbonyl (C=S) groups is 1. The quantitative estimate of drug-likeness (QED) is 0.120. The van der Waals surface area contributed by atoms with E-state index in [4.69, 9.17) is 12.2 Å². The lowest BCUT2D eigenvalue weighted by Gasteiger charge is -2.29. The van der Waals surface area contributed by atoms with Crippen molar-refractivity contribution >= 4 is 73.4 Å². The second-order valence-electron chi connectivity index (χ2n) is 19.8. The van der Waals surface area contributed by atoms with Crippen LogP contribution in [-0.4, -0.2) is 9.78 Å². The number of hydrogen-bond acceptors (Lipinski definition) is 6. The fourth-order valence-corrected chi connectivity index (χ4v) is 12.6. The summed E-state index contributed by atoms with van der Waals surface area (Å²) in [4.78, 5) is 4.74. The Kier molecular flexibility index (Phi) is 12.0. The fourth-order valence-electron chi connectivity index (χ4n) is 10.5. The molecule has 0 spiro atoms. The van der Waals surface area contributed by atoms with Crippen LogP contribution in [0.2, 0.25) is 0 Å². The molecule has 10 rings (SSSR count). The molecule has 0 N–H and O–H groups in total. The largest absolute Gasteiger partial charge is 0.310 e. The molecule has 8 aromatic rings. The van der Waals surface area contributed by atoms with E-state index in [0.29, 0.717) is 0 Å². The summed E-state index contributed by atoms with van der Waals surface area (Å²) in [7, 11) is 0. The Balaban J connectivity index is 0.954. The molecule has 68 heavy (non-hydrogen) atoms. The molecular weight excluding hydrogens is 883 g/mol. The summed E-state index contributed by atoms with van der Waals surface area (Å²) in [6.45, 7) is 13.4. The van der Waals surface area contributed by atoms with Crippen molar-refractivity contribution in [3.63, 3.8) is 0 Å². The molecule has 0 heterocycles. The first-order valence-electron chi connectivity index (χ1n) is 23.4. The number of benzene rings is 8. The highest BCUT2D eigenvalue weighted by atomic mass is 32.2. The zero-order valence-electron chi connectivity index (χ0n) is 39.7. The number of nitriles is 1. The van der Waals surface area contributed by atoms with Crippen LogP contribution in [-0.2, 0) is 10.8 Å². The lowest BCUT2D eigenvalue weighted by Crippen LogP contribution is -2.17. The number of fused-ring (bicyclic) bond motifs is 6. The summed E-state index contributed by atoms with van der Waals surface area (Å²) < 4.78 is 0.899. The highest BCUT2D eigenvalue weighted by Gasteiger charge is 2.38. The smallest absolute Gasteiger partial charge is 0.104 e. The Morgan fingerprint density at radius 3 is 1.40 bits per heavy atom. The van der Waals surface area contributed by atoms with Gasteiger partial charge in [0.05, 0.1) is 11.5 Å². The average Bonchev–Trinajstić information content (AvgIpc) is 3.73. The molecule has 8 aromatic carbocycles. The van der Waals surface area contributed by atoms with Crippen molar-refractivity contribution in [1.82, 2.24) is 0 Å². The monoisotopic (exact) mass is 937 g/mol. The van der Waals surface area contributed by atoms with E-state index in [1.54, 1.807) is 23.5 Å². The van der Waals surface area contributed by atoms with E-state index >= 15 is 0 Å². The predicted molar refractivity (Wildman–Crippen MR) is 297 cm³/mol. The molecule has 3 nitrogen and oxygen atoms in total. The van der Waals surface area contributed by atoms with Crippen molar-refractivity contribution in [3.05, 3.63) is 216 Å². The standard InChI is InChI=1S/C62H55N3S3/c1-60(2,40-63)39-58(68-59(66)67-7)43-26-33-51-53-35-32-49(38-57(53)62(5,6)55(51)36-43)65(45-18-12-9-13-19-45)47-29-24-42(25-30-47)41-22-27-46(28-23-41)64(44-16-10-8-11-17-44)48-31-34-52-50-20-14-15-21-54(50)61(3,4)56(52)37-48/h8-38,58H,39H2,1-7H3. The van der Waals surface area contributed by atoms with Crippen LogP contribution in [0.5, 0.6) is 0 Å². The minimum atomic E-state index is -0.470. The predicted octanol–water partition coefficient (Wildman–Crippen LogP) is 18.3. The van der Waals surface area contributed by atoms with Gasteiger partial charge in [-0.15, -0.1) is 11.8 Å². The third-order valence-corrected chi connectivity index (χ3v) is 17.0. The molecule has 0 aliphatic heterocycles. The number of nitrogens with zero attached hydrogens (tertiary/aromatic N) is 3. The van der Waals surface area contributed by atoms with Crippen LogP contribution >= 0.6 is 35.7 Å². The molecule has 0 aromatic heterocycles. The molecule has 2 aliphatic rings. The molecule has 0 radical (unpaired) electrons. The molecule has 0 amide bonds. The van der Waals surface area contributed by atoms with Gasteiger partial charge in [-0.25, -0.2) is 0 Å². The van der Waals surface area contributed by atoms with E-state index in [1.807, 2.05) is 20.1 Å². The minimum Gasteiger partial charge on any atom is -0.310 e. The topological polar surface area (TPSA) is 30.3 Å². The van der Waals surface area contributed by atoms with Gasteiger partial charge in [0.25, 0.3) is 0 Å². The molecule has 1 unspecified atom stereocenters. The molecule has 1 atom stereocenters. The van der Waals surface area contributed by atoms with Gasteiger partial charge in [-0.2, -0.15) is 5.26 Å². The summed E-state index contributed by atoms with van der Waals surface area (Å²) in [6.07, 6.45) is 2.75. The maximum Gasteiger partial charge on any atom is 0.104 e. The number of thioether (sulfide) groups is 2. The molecule has 6 heteroatoms. The first-order chi connectivity index (χ1) is 32.8. The van der Waals surface area contributed by atoms with Crippen molar-refractivity contribution in [2.24, 2.45) is 5.41 Å². The summed E-state index contributed by atoms with van der Waals surface area (Å²) in [5, 5.41) is 10.1. The summed E-state index contributed by atoms with van der Waals surface area (Å²) in [5.41, 5.74) is 20.0. The van der Waals surface area contributed by atoms with Crippen LogP contribution in [0.1, 0.15) is 81.0 Å². The Hall–Kier alpha value is -6.36. The molecule has 0 saturated heterocycles. The Morgan fingerprint density at radius 1 is 0.515 bits per heavy atom. The maximum absolute atomic E-state index is 9.98. The first kappa shape index (κ1) is 45.4. The maximum atomic E-state index is 9.98. The molecule has 0 fully saturated rings. The van der Waals surface area contributed by atoms with Crippen LogP contribution < -0.4 is 9.80 Å². The van der Waals surface area contributed by atoms with Crippen molar-refractivity contribution in [2.75, 3.05) is 16.1 Å². The van der Waals surface area contributed by atoms with Gasteiger partial charge in [-0.1, -0.05) is 167 Å². The van der Waals surface area contributed by atoms with E-state index < -0.39 is 5.41 Å². The van der Waals surface area contributed by atoms with E-state index in [-0.39, 0.29) is 16.1 Å². The highest BCUT2D eigenvalue weighted by molar-refractivity contribution is 8.47. The molecule has 0 saturated carbocycles. The number of hydrogen-bond donors (Lipinski definition) is 0. The van der Waals surface area contributed by atoms with Crippen molar-refractivity contribution in [3.8, 4) is 39.4 Å². The van der Waals surface area contributed by atoms with Gasteiger partial charge in [0.1, 0.15) is 3.53 Å². The van der Waals surface area contributed by atoms with E-state index in [9.17, 15) is 5.26 Å². The van der Waals surface area contributed by atoms with Crippen molar-refractivity contribution in [2.45, 2.75) is 64.0 Å². The van der Waals surface area contributed by atoms with Gasteiger partial charge in [0.2, 0.25) is 0 Å². The molecule has 0 bridgehead atoms. The third-order valence-electron chi connectivity index (χ3n) is 14.2. The van der Waals surface area contributed by atoms with E-state index in [0.717, 1.165) is 55.2 Å². The normalized spacial score (nSPS) is 14.2. The Morgan fingerprint density at radius 2 is 0.912 bits per heavy atom. The Bertz CT molecular complexity index is 3220. The number of anilines is 6. The molecular formula is C62H55N3S3. The van der Waals surface area contributed by atoms with E-state index in [1.165, 1.54) is 50.1 Å². The van der Waals surface area contributed by atoms with Gasteiger partial charge in [0.15, 0.2) is 0 Å². The highest BCUT2D eigenvalue weighted by Crippen LogP contribution is 2.54. The molecule has 2 aliphatic carbocycles. The van der Waals surface area contributed by atoms with Gasteiger partial charge < -0.3 is 9.80 Å². The van der Waals surface area contributed by atoms with Gasteiger partial charge in [-0.05, 0) is 161 Å². The van der Waals surface area contributed by atoms with Crippen molar-refractivity contribution in [1.29, 1.82) is 5.26 Å². The number of para-hydroxylation sites is 2. The van der Waals surface area contributed by atoms with Crippen LogP contribution in [0.3, 0.4) is 0 Å². The van der Waals surface area contributed by atoms with Crippen LogP contribution in [0, 0.1) is 16.7 Å².